The maximum Gasteiger partial charge on any atom is 1.00 e. The van der Waals surface area contributed by atoms with E-state index in [-0.39, 0.29) is 31.0 Å². The van der Waals surface area contributed by atoms with Crippen LogP contribution in [0.5, 0.6) is 0 Å². The fourth-order valence-corrected chi connectivity index (χ4v) is 0.439. The van der Waals surface area contributed by atoms with Gasteiger partial charge in [0.15, 0.2) is 11.6 Å². The number of halogens is 2. The minimum atomic E-state index is -0.799. The molecule has 0 saturated carbocycles. The van der Waals surface area contributed by atoms with Crippen LogP contribution in [0.1, 0.15) is 1.43 Å². The van der Waals surface area contributed by atoms with Crippen molar-refractivity contribution in [3.8, 4) is 0 Å². The maximum absolute atomic E-state index is 11.9. The van der Waals surface area contributed by atoms with Crippen molar-refractivity contribution >= 4 is 0 Å². The monoisotopic (exact) mass is 138 g/mol. The van der Waals surface area contributed by atoms with Gasteiger partial charge in [-0.1, -0.05) is 12.1 Å². The number of hydrogen-bond donors (Lipinski definition) is 0. The first kappa shape index (κ1) is 9.08. The van der Waals surface area contributed by atoms with Gasteiger partial charge in [0.05, 0.1) is 0 Å². The van der Waals surface area contributed by atoms with E-state index in [0.717, 1.165) is 12.1 Å². The Morgan fingerprint density at radius 3 is 1.56 bits per heavy atom. The summed E-state index contributed by atoms with van der Waals surface area (Å²) in [4.78, 5) is 0. The summed E-state index contributed by atoms with van der Waals surface area (Å²) in [5, 5.41) is 0. The van der Waals surface area contributed by atoms with E-state index in [1.807, 2.05) is 0 Å². The molecule has 0 aromatic heterocycles. The third-order valence-electron chi connectivity index (χ3n) is 0.824. The molecule has 0 fully saturated rings. The summed E-state index contributed by atoms with van der Waals surface area (Å²) in [5.74, 6) is -1.60. The van der Waals surface area contributed by atoms with Gasteiger partial charge in [-0.25, -0.2) is 8.78 Å². The Hall–Kier alpha value is 0.0800. The normalized spacial score (nSPS) is 8.22. The molecule has 1 rings (SSSR count). The molecule has 0 unspecified atom stereocenters. The summed E-state index contributed by atoms with van der Waals surface area (Å²) in [6, 6.07) is 5.04. The van der Waals surface area contributed by atoms with Crippen molar-refractivity contribution in [2.24, 2.45) is 0 Å². The molecule has 9 heavy (non-hydrogen) atoms. The zero-order chi connectivity index (χ0) is 5.98. The Balaban J connectivity index is 0. The summed E-state index contributed by atoms with van der Waals surface area (Å²) in [6.07, 6.45) is 0. The Bertz CT molecular complexity index is 172. The van der Waals surface area contributed by atoms with Crippen molar-refractivity contribution in [1.82, 2.24) is 0 Å². The molecule has 1 aromatic rings. The van der Waals surface area contributed by atoms with Crippen LogP contribution < -0.4 is 29.6 Å². The molecule has 0 bridgehead atoms. The average molecular weight is 138 g/mol. The van der Waals surface area contributed by atoms with Crippen molar-refractivity contribution in [3.63, 3.8) is 0 Å². The second-order valence-corrected chi connectivity index (χ2v) is 1.41. The average Bonchev–Trinajstić information content (AvgIpc) is 1.77. The summed E-state index contributed by atoms with van der Waals surface area (Å²) >= 11 is 0. The van der Waals surface area contributed by atoms with E-state index in [9.17, 15) is 8.78 Å². The fourth-order valence-electron chi connectivity index (χ4n) is 0.439. The van der Waals surface area contributed by atoms with E-state index in [4.69, 9.17) is 0 Å². The zero-order valence-corrected chi connectivity index (χ0v) is 7.07. The summed E-state index contributed by atoms with van der Waals surface area (Å²) in [5.41, 5.74) is 0. The number of rotatable bonds is 0. The minimum absolute atomic E-state index is 0. The van der Waals surface area contributed by atoms with Crippen molar-refractivity contribution < 1.29 is 39.8 Å². The SMILES string of the molecule is Fc1ccccc1F.[H-].[Na+]. The van der Waals surface area contributed by atoms with Gasteiger partial charge in [0.2, 0.25) is 0 Å². The van der Waals surface area contributed by atoms with Gasteiger partial charge in [-0.3, -0.25) is 0 Å². The van der Waals surface area contributed by atoms with Crippen LogP contribution >= 0.6 is 0 Å². The molecule has 0 nitrogen and oxygen atoms in total. The molecule has 0 aliphatic carbocycles. The van der Waals surface area contributed by atoms with E-state index >= 15 is 0 Å². The Labute approximate surface area is 75.7 Å². The van der Waals surface area contributed by atoms with E-state index in [1.54, 1.807) is 0 Å². The topological polar surface area (TPSA) is 0 Å². The maximum atomic E-state index is 11.9. The number of benzene rings is 1. The van der Waals surface area contributed by atoms with Crippen LogP contribution in [-0.4, -0.2) is 0 Å². The van der Waals surface area contributed by atoms with Crippen LogP contribution in [0.3, 0.4) is 0 Å². The van der Waals surface area contributed by atoms with Crippen LogP contribution in [-0.2, 0) is 0 Å². The third-order valence-corrected chi connectivity index (χ3v) is 0.824. The molecule has 3 heteroatoms. The van der Waals surface area contributed by atoms with Gasteiger partial charge in [0.25, 0.3) is 0 Å². The van der Waals surface area contributed by atoms with E-state index in [1.165, 1.54) is 12.1 Å². The standard InChI is InChI=1S/C6H4F2.Na.H/c7-5-3-1-2-4-6(5)8;;/h1-4H;;/q;+1;-1. The molecular weight excluding hydrogens is 133 g/mol. The van der Waals surface area contributed by atoms with Gasteiger partial charge in [0.1, 0.15) is 0 Å². The van der Waals surface area contributed by atoms with Crippen molar-refractivity contribution in [3.05, 3.63) is 35.9 Å². The van der Waals surface area contributed by atoms with Crippen LogP contribution in [0.25, 0.3) is 0 Å². The molecule has 1 aromatic carbocycles. The molecular formula is C6H5F2Na. The largest absolute Gasteiger partial charge is 1.00 e. The van der Waals surface area contributed by atoms with E-state index in [2.05, 4.69) is 0 Å². The van der Waals surface area contributed by atoms with E-state index in [0.29, 0.717) is 0 Å². The molecule has 0 radical (unpaired) electrons. The predicted molar refractivity (Wildman–Crippen MR) is 27.5 cm³/mol. The van der Waals surface area contributed by atoms with Gasteiger partial charge < -0.3 is 1.43 Å². The van der Waals surface area contributed by atoms with Crippen LogP contribution in [0.2, 0.25) is 0 Å². The number of hydrogen-bond acceptors (Lipinski definition) is 0. The molecule has 0 N–H and O–H groups in total. The van der Waals surface area contributed by atoms with Gasteiger partial charge in [0, 0.05) is 0 Å². The predicted octanol–water partition coefficient (Wildman–Crippen LogP) is -0.919. The van der Waals surface area contributed by atoms with Gasteiger partial charge in [-0.05, 0) is 12.1 Å². The Kier molecular flexibility index (Phi) is 4.02. The van der Waals surface area contributed by atoms with Crippen molar-refractivity contribution in [2.75, 3.05) is 0 Å². The summed E-state index contributed by atoms with van der Waals surface area (Å²) in [6.45, 7) is 0. The molecule has 0 aliphatic heterocycles. The smallest absolute Gasteiger partial charge is 1.00 e. The first-order valence-electron chi connectivity index (χ1n) is 2.21. The molecule has 0 spiro atoms. The minimum Gasteiger partial charge on any atom is -1.00 e. The van der Waals surface area contributed by atoms with Crippen LogP contribution in [0.4, 0.5) is 8.78 Å². The summed E-state index contributed by atoms with van der Waals surface area (Å²) < 4.78 is 23.9. The zero-order valence-electron chi connectivity index (χ0n) is 6.07. The Morgan fingerprint density at radius 1 is 1.00 bits per heavy atom. The third kappa shape index (κ3) is 2.43. The first-order chi connectivity index (χ1) is 3.80. The molecule has 0 atom stereocenters. The van der Waals surface area contributed by atoms with E-state index < -0.39 is 11.6 Å². The van der Waals surface area contributed by atoms with Crippen molar-refractivity contribution in [2.45, 2.75) is 0 Å². The Morgan fingerprint density at radius 2 is 1.33 bits per heavy atom. The first-order valence-corrected chi connectivity index (χ1v) is 2.21. The molecule has 0 heterocycles. The molecule has 0 saturated heterocycles. The van der Waals surface area contributed by atoms with Crippen LogP contribution in [0, 0.1) is 11.6 Å². The second-order valence-electron chi connectivity index (χ2n) is 1.41. The van der Waals surface area contributed by atoms with Gasteiger partial charge >= 0.3 is 29.6 Å². The van der Waals surface area contributed by atoms with Gasteiger partial charge in [-0.15, -0.1) is 0 Å². The molecule has 0 aliphatic rings. The van der Waals surface area contributed by atoms with Gasteiger partial charge in [-0.2, -0.15) is 0 Å². The quantitative estimate of drug-likeness (QED) is 0.407. The molecule has 44 valence electrons. The summed E-state index contributed by atoms with van der Waals surface area (Å²) in [7, 11) is 0. The molecule has 0 amide bonds. The second kappa shape index (κ2) is 3.99. The van der Waals surface area contributed by atoms with Crippen LogP contribution in [0.15, 0.2) is 24.3 Å². The fraction of sp³-hybridized carbons (Fsp3) is 0. The van der Waals surface area contributed by atoms with Crippen molar-refractivity contribution in [1.29, 1.82) is 0 Å².